The molecule has 0 spiro atoms. The average Bonchev–Trinajstić information content (AvgIpc) is 2.88. The predicted octanol–water partition coefficient (Wildman–Crippen LogP) is 2.57. The highest BCUT2D eigenvalue weighted by molar-refractivity contribution is 6.05. The Balaban J connectivity index is 1.83. The molecule has 21 heavy (non-hydrogen) atoms. The van der Waals surface area contributed by atoms with Crippen molar-refractivity contribution in [3.8, 4) is 11.5 Å². The average molecular weight is 288 g/mol. The van der Waals surface area contributed by atoms with Gasteiger partial charge < -0.3 is 19.3 Å². The number of nitrogens with zero attached hydrogens (tertiary/aromatic N) is 1. The minimum atomic E-state index is -0.234. The highest BCUT2D eigenvalue weighted by Gasteiger charge is 2.20. The van der Waals surface area contributed by atoms with Crippen LogP contribution in [0.15, 0.2) is 22.7 Å². The maximum absolute atomic E-state index is 12.4. The Morgan fingerprint density at radius 2 is 2.05 bits per heavy atom. The normalized spacial score (nSPS) is 13.0. The van der Waals surface area contributed by atoms with E-state index in [2.05, 4.69) is 10.5 Å². The second-order valence-electron chi connectivity index (χ2n) is 4.73. The standard InChI is InChI=1S/C15H16N2O4/c1-3-11-14(9(2)17-21-11)15(18)16-10-4-5-12-13(8-10)20-7-6-19-12/h4-5,8H,3,6-7H2,1-2H3,(H,16,18). The van der Waals surface area contributed by atoms with Gasteiger partial charge in [-0.2, -0.15) is 0 Å². The van der Waals surface area contributed by atoms with Crippen molar-refractivity contribution in [3.63, 3.8) is 0 Å². The summed E-state index contributed by atoms with van der Waals surface area (Å²) in [6.07, 6.45) is 0.616. The molecule has 0 saturated heterocycles. The van der Waals surface area contributed by atoms with E-state index in [1.807, 2.05) is 6.92 Å². The van der Waals surface area contributed by atoms with Gasteiger partial charge in [-0.25, -0.2) is 0 Å². The number of hydrogen-bond donors (Lipinski definition) is 1. The first-order chi connectivity index (χ1) is 10.2. The van der Waals surface area contributed by atoms with E-state index in [9.17, 15) is 4.79 Å². The van der Waals surface area contributed by atoms with E-state index in [4.69, 9.17) is 14.0 Å². The molecule has 0 radical (unpaired) electrons. The number of aromatic nitrogens is 1. The molecule has 0 saturated carbocycles. The maximum Gasteiger partial charge on any atom is 0.261 e. The Hall–Kier alpha value is -2.50. The monoisotopic (exact) mass is 288 g/mol. The number of fused-ring (bicyclic) bond motifs is 1. The molecule has 3 rings (SSSR count). The van der Waals surface area contributed by atoms with Gasteiger partial charge >= 0.3 is 0 Å². The quantitative estimate of drug-likeness (QED) is 0.939. The topological polar surface area (TPSA) is 73.6 Å². The Bertz CT molecular complexity index is 678. The molecule has 1 amide bonds. The minimum absolute atomic E-state index is 0.234. The van der Waals surface area contributed by atoms with Gasteiger partial charge in [-0.15, -0.1) is 0 Å². The van der Waals surface area contributed by atoms with Crippen LogP contribution in [0.2, 0.25) is 0 Å². The molecular weight excluding hydrogens is 272 g/mol. The minimum Gasteiger partial charge on any atom is -0.486 e. The van der Waals surface area contributed by atoms with Crippen LogP contribution in [0.5, 0.6) is 11.5 Å². The zero-order valence-electron chi connectivity index (χ0n) is 11.9. The molecule has 0 fully saturated rings. The lowest BCUT2D eigenvalue weighted by Crippen LogP contribution is -2.17. The van der Waals surface area contributed by atoms with Gasteiger partial charge in [0.2, 0.25) is 0 Å². The molecule has 2 aromatic rings. The lowest BCUT2D eigenvalue weighted by molar-refractivity contribution is 0.102. The second-order valence-corrected chi connectivity index (χ2v) is 4.73. The fourth-order valence-corrected chi connectivity index (χ4v) is 2.26. The fraction of sp³-hybridized carbons (Fsp3) is 0.333. The first-order valence-electron chi connectivity index (χ1n) is 6.85. The summed E-state index contributed by atoms with van der Waals surface area (Å²) in [4.78, 5) is 12.4. The maximum atomic E-state index is 12.4. The highest BCUT2D eigenvalue weighted by Crippen LogP contribution is 2.32. The van der Waals surface area contributed by atoms with Crippen molar-refractivity contribution in [3.05, 3.63) is 35.2 Å². The number of carbonyl (C=O) groups is 1. The molecule has 110 valence electrons. The lowest BCUT2D eigenvalue weighted by atomic mass is 10.1. The summed E-state index contributed by atoms with van der Waals surface area (Å²) >= 11 is 0. The van der Waals surface area contributed by atoms with E-state index in [0.717, 1.165) is 0 Å². The summed E-state index contributed by atoms with van der Waals surface area (Å²) in [6.45, 7) is 4.72. The number of anilines is 1. The largest absolute Gasteiger partial charge is 0.486 e. The van der Waals surface area contributed by atoms with E-state index in [1.165, 1.54) is 0 Å². The van der Waals surface area contributed by atoms with E-state index in [-0.39, 0.29) is 5.91 Å². The first-order valence-corrected chi connectivity index (χ1v) is 6.85. The number of rotatable bonds is 3. The highest BCUT2D eigenvalue weighted by atomic mass is 16.6. The molecule has 6 heteroatoms. The van der Waals surface area contributed by atoms with Gasteiger partial charge in [0, 0.05) is 18.2 Å². The molecular formula is C15H16N2O4. The zero-order valence-corrected chi connectivity index (χ0v) is 11.9. The van der Waals surface area contributed by atoms with Crippen LogP contribution in [-0.4, -0.2) is 24.3 Å². The molecule has 6 nitrogen and oxygen atoms in total. The summed E-state index contributed by atoms with van der Waals surface area (Å²) in [7, 11) is 0. The molecule has 1 aliphatic rings. The Kier molecular flexibility index (Phi) is 3.51. The number of nitrogens with one attached hydrogen (secondary N) is 1. The molecule has 1 aliphatic heterocycles. The fourth-order valence-electron chi connectivity index (χ4n) is 2.26. The molecule has 0 aliphatic carbocycles. The second kappa shape index (κ2) is 5.47. The van der Waals surface area contributed by atoms with Gasteiger partial charge in [0.05, 0.1) is 5.69 Å². The summed E-state index contributed by atoms with van der Waals surface area (Å²) < 4.78 is 16.1. The van der Waals surface area contributed by atoms with Crippen molar-refractivity contribution in [2.24, 2.45) is 0 Å². The summed E-state index contributed by atoms with van der Waals surface area (Å²) in [6, 6.07) is 5.31. The van der Waals surface area contributed by atoms with Crippen LogP contribution in [0.4, 0.5) is 5.69 Å². The number of aryl methyl sites for hydroxylation is 2. The van der Waals surface area contributed by atoms with Crippen LogP contribution in [0.1, 0.15) is 28.7 Å². The third-order valence-corrected chi connectivity index (χ3v) is 3.28. The number of ether oxygens (including phenoxy) is 2. The van der Waals surface area contributed by atoms with Crippen molar-refractivity contribution in [2.45, 2.75) is 20.3 Å². The summed E-state index contributed by atoms with van der Waals surface area (Å²) in [5.41, 5.74) is 1.72. The number of hydrogen-bond acceptors (Lipinski definition) is 5. The van der Waals surface area contributed by atoms with Crippen molar-refractivity contribution < 1.29 is 18.8 Å². The first kappa shape index (κ1) is 13.5. The summed E-state index contributed by atoms with van der Waals surface area (Å²) in [5, 5.41) is 6.68. The molecule has 2 heterocycles. The Morgan fingerprint density at radius 1 is 1.29 bits per heavy atom. The lowest BCUT2D eigenvalue weighted by Gasteiger charge is -2.19. The summed E-state index contributed by atoms with van der Waals surface area (Å²) in [5.74, 6) is 1.68. The van der Waals surface area contributed by atoms with Crippen LogP contribution in [0.25, 0.3) is 0 Å². The van der Waals surface area contributed by atoms with Gasteiger partial charge in [0.1, 0.15) is 24.5 Å². The SMILES string of the molecule is CCc1onc(C)c1C(=O)Nc1ccc2c(c1)OCCO2. The molecule has 1 aromatic carbocycles. The van der Waals surface area contributed by atoms with E-state index >= 15 is 0 Å². The third kappa shape index (κ3) is 2.56. The van der Waals surface area contributed by atoms with Gasteiger partial charge in [0.25, 0.3) is 5.91 Å². The van der Waals surface area contributed by atoms with E-state index in [1.54, 1.807) is 25.1 Å². The van der Waals surface area contributed by atoms with Crippen molar-refractivity contribution in [2.75, 3.05) is 18.5 Å². The Labute approximate surface area is 122 Å². The zero-order chi connectivity index (χ0) is 14.8. The van der Waals surface area contributed by atoms with E-state index in [0.29, 0.717) is 53.8 Å². The van der Waals surface area contributed by atoms with Crippen LogP contribution in [0, 0.1) is 6.92 Å². The van der Waals surface area contributed by atoms with Crippen molar-refractivity contribution in [1.82, 2.24) is 5.16 Å². The van der Waals surface area contributed by atoms with Crippen molar-refractivity contribution in [1.29, 1.82) is 0 Å². The number of amides is 1. The van der Waals surface area contributed by atoms with Crippen LogP contribution >= 0.6 is 0 Å². The Morgan fingerprint density at radius 3 is 2.81 bits per heavy atom. The molecule has 0 atom stereocenters. The van der Waals surface area contributed by atoms with Gasteiger partial charge in [-0.1, -0.05) is 12.1 Å². The number of carbonyl (C=O) groups excluding carboxylic acids is 1. The number of benzene rings is 1. The third-order valence-electron chi connectivity index (χ3n) is 3.28. The predicted molar refractivity (Wildman–Crippen MR) is 76.0 cm³/mol. The molecule has 0 unspecified atom stereocenters. The van der Waals surface area contributed by atoms with Crippen LogP contribution < -0.4 is 14.8 Å². The van der Waals surface area contributed by atoms with Crippen LogP contribution in [0.3, 0.4) is 0 Å². The van der Waals surface area contributed by atoms with Gasteiger partial charge in [-0.3, -0.25) is 4.79 Å². The molecule has 0 bridgehead atoms. The van der Waals surface area contributed by atoms with Crippen LogP contribution in [-0.2, 0) is 6.42 Å². The smallest absolute Gasteiger partial charge is 0.261 e. The van der Waals surface area contributed by atoms with Gasteiger partial charge in [0.15, 0.2) is 11.5 Å². The van der Waals surface area contributed by atoms with Gasteiger partial charge in [-0.05, 0) is 19.1 Å². The van der Waals surface area contributed by atoms with E-state index < -0.39 is 0 Å². The van der Waals surface area contributed by atoms with Crippen molar-refractivity contribution >= 4 is 11.6 Å². The molecule has 1 N–H and O–H groups in total. The molecule has 1 aromatic heterocycles.